The predicted octanol–water partition coefficient (Wildman–Crippen LogP) is 3.82. The highest BCUT2D eigenvalue weighted by Gasteiger charge is 2.50. The molecule has 6 heterocycles. The van der Waals surface area contributed by atoms with E-state index in [9.17, 15) is 9.00 Å². The summed E-state index contributed by atoms with van der Waals surface area (Å²) < 4.78 is 13.3. The summed E-state index contributed by atoms with van der Waals surface area (Å²) >= 11 is 6.38. The second-order valence-corrected chi connectivity index (χ2v) is 13.5. The number of hydrogen-bond donors (Lipinski definition) is 0. The van der Waals surface area contributed by atoms with Crippen molar-refractivity contribution < 1.29 is 9.00 Å². The standard InChI is InChI=1S/C25H31ClN8O2S.C2H6/c1-15-12-32(7-8-33(15)23(35)25(4)6-9-37(25)36)21-19-22(29-14-28-21)34(13-24(19,2)3)18-10-16-17(11-27-18)31(5)30-20(16)26;1-2/h10-11,14-15H,6-9,12-13H2,1-5H3;1-2H3. The molecule has 3 atom stereocenters. The Kier molecular flexibility index (Phi) is 7.12. The van der Waals surface area contributed by atoms with E-state index in [-0.39, 0.29) is 17.4 Å². The molecule has 2 fully saturated rings. The van der Waals surface area contributed by atoms with Gasteiger partial charge in [-0.25, -0.2) is 15.0 Å². The zero-order chi connectivity index (χ0) is 28.3. The van der Waals surface area contributed by atoms with Crippen LogP contribution in [-0.4, -0.2) is 82.5 Å². The first-order valence-electron chi connectivity index (χ1n) is 13.6. The Morgan fingerprint density at radius 3 is 2.49 bits per heavy atom. The Hall–Kier alpha value is -2.79. The number of aryl methyl sites for hydroxylation is 1. The second-order valence-electron chi connectivity index (χ2n) is 11.2. The maximum absolute atomic E-state index is 13.2. The van der Waals surface area contributed by atoms with Crippen molar-refractivity contribution in [2.45, 2.75) is 64.2 Å². The van der Waals surface area contributed by atoms with Crippen LogP contribution in [0.4, 0.5) is 17.5 Å². The number of carbonyl (C=O) groups is 1. The van der Waals surface area contributed by atoms with Crippen LogP contribution in [0, 0.1) is 0 Å². The zero-order valence-electron chi connectivity index (χ0n) is 23.7. The van der Waals surface area contributed by atoms with Gasteiger partial charge in [-0.15, -0.1) is 0 Å². The van der Waals surface area contributed by atoms with Gasteiger partial charge < -0.3 is 14.7 Å². The third kappa shape index (κ3) is 4.38. The number of pyridine rings is 1. The van der Waals surface area contributed by atoms with Crippen molar-refractivity contribution in [1.29, 1.82) is 0 Å². The fourth-order valence-electron chi connectivity index (χ4n) is 5.85. The van der Waals surface area contributed by atoms with Crippen molar-refractivity contribution in [3.05, 3.63) is 29.3 Å². The molecule has 6 rings (SSSR count). The Morgan fingerprint density at radius 2 is 1.85 bits per heavy atom. The Bertz CT molecular complexity index is 1460. The normalized spacial score (nSPS) is 25.7. The molecule has 2 saturated heterocycles. The molecule has 1 amide bonds. The number of nitrogens with zero attached hydrogens (tertiary/aromatic N) is 8. The average molecular weight is 573 g/mol. The molecule has 0 aliphatic carbocycles. The topological polar surface area (TPSA) is 100 Å². The molecule has 3 aliphatic heterocycles. The summed E-state index contributed by atoms with van der Waals surface area (Å²) in [6.07, 6.45) is 4.10. The van der Waals surface area contributed by atoms with Crippen LogP contribution >= 0.6 is 11.6 Å². The number of amides is 1. The molecule has 10 nitrogen and oxygen atoms in total. The van der Waals surface area contributed by atoms with Gasteiger partial charge in [0.25, 0.3) is 0 Å². The molecule has 3 unspecified atom stereocenters. The van der Waals surface area contributed by atoms with Gasteiger partial charge in [0.05, 0.1) is 11.7 Å². The van der Waals surface area contributed by atoms with Gasteiger partial charge in [0, 0.05) is 72.2 Å². The predicted molar refractivity (Wildman–Crippen MR) is 156 cm³/mol. The lowest BCUT2D eigenvalue weighted by atomic mass is 9.87. The highest BCUT2D eigenvalue weighted by Crippen LogP contribution is 2.47. The van der Waals surface area contributed by atoms with E-state index in [4.69, 9.17) is 26.6 Å². The van der Waals surface area contributed by atoms with Crippen molar-refractivity contribution in [2.75, 3.05) is 41.7 Å². The van der Waals surface area contributed by atoms with Crippen molar-refractivity contribution >= 4 is 56.7 Å². The minimum atomic E-state index is -1.08. The van der Waals surface area contributed by atoms with Crippen molar-refractivity contribution in [1.82, 2.24) is 29.6 Å². The van der Waals surface area contributed by atoms with Crippen molar-refractivity contribution in [2.24, 2.45) is 7.05 Å². The minimum absolute atomic E-state index is 0.0131. The van der Waals surface area contributed by atoms with Crippen LogP contribution in [0.1, 0.15) is 53.5 Å². The smallest absolute Gasteiger partial charge is 0.241 e. The lowest BCUT2D eigenvalue weighted by Gasteiger charge is -2.46. The zero-order valence-corrected chi connectivity index (χ0v) is 25.3. The van der Waals surface area contributed by atoms with Gasteiger partial charge >= 0.3 is 0 Å². The number of anilines is 3. The van der Waals surface area contributed by atoms with E-state index in [1.54, 1.807) is 17.2 Å². The lowest BCUT2D eigenvalue weighted by molar-refractivity contribution is -0.136. The summed E-state index contributed by atoms with van der Waals surface area (Å²) in [5, 5.41) is 5.61. The van der Waals surface area contributed by atoms with Gasteiger partial charge in [-0.1, -0.05) is 39.3 Å². The summed E-state index contributed by atoms with van der Waals surface area (Å²) in [6.45, 7) is 14.9. The van der Waals surface area contributed by atoms with Crippen LogP contribution in [-0.2, 0) is 28.1 Å². The van der Waals surface area contributed by atoms with E-state index in [1.807, 2.05) is 38.8 Å². The number of rotatable bonds is 3. The molecule has 0 radical (unpaired) electrons. The summed E-state index contributed by atoms with van der Waals surface area (Å²) in [5.74, 6) is 3.13. The Balaban J connectivity index is 0.00000151. The van der Waals surface area contributed by atoms with E-state index in [1.165, 1.54) is 0 Å². The molecular weight excluding hydrogens is 536 g/mol. The number of carbonyl (C=O) groups excluding carboxylic acids is 1. The van der Waals surface area contributed by atoms with Crippen LogP contribution in [0.25, 0.3) is 10.9 Å². The third-order valence-electron chi connectivity index (χ3n) is 8.15. The quantitative estimate of drug-likeness (QED) is 0.467. The van der Waals surface area contributed by atoms with Crippen molar-refractivity contribution in [3.63, 3.8) is 0 Å². The van der Waals surface area contributed by atoms with Crippen LogP contribution in [0.15, 0.2) is 18.6 Å². The summed E-state index contributed by atoms with van der Waals surface area (Å²) in [5.41, 5.74) is 1.72. The fourth-order valence-corrected chi connectivity index (χ4v) is 7.41. The molecular formula is C27H37ClN8O2S. The second kappa shape index (κ2) is 9.99. The molecule has 3 aromatic heterocycles. The number of halogens is 1. The third-order valence-corrected chi connectivity index (χ3v) is 10.4. The van der Waals surface area contributed by atoms with E-state index in [0.717, 1.165) is 33.9 Å². The summed E-state index contributed by atoms with van der Waals surface area (Å²) in [6, 6.07) is 1.95. The Labute approximate surface area is 237 Å². The molecule has 39 heavy (non-hydrogen) atoms. The molecule has 210 valence electrons. The first-order chi connectivity index (χ1) is 18.5. The van der Waals surface area contributed by atoms with Crippen LogP contribution < -0.4 is 9.80 Å². The number of aromatic nitrogens is 5. The summed E-state index contributed by atoms with van der Waals surface area (Å²) in [4.78, 5) is 33.7. The molecule has 0 spiro atoms. The number of hydrogen-bond acceptors (Lipinski definition) is 8. The maximum atomic E-state index is 13.2. The average Bonchev–Trinajstić information content (AvgIpc) is 3.38. The van der Waals surface area contributed by atoms with E-state index in [0.29, 0.717) is 43.5 Å². The van der Waals surface area contributed by atoms with Crippen LogP contribution in [0.2, 0.25) is 5.15 Å². The van der Waals surface area contributed by atoms with E-state index >= 15 is 0 Å². The maximum Gasteiger partial charge on any atom is 0.241 e. The van der Waals surface area contributed by atoms with Gasteiger partial charge in [0.2, 0.25) is 5.91 Å². The fraction of sp³-hybridized carbons (Fsp3) is 0.593. The minimum Gasteiger partial charge on any atom is -0.352 e. The van der Waals surface area contributed by atoms with Gasteiger partial charge in [0.1, 0.15) is 28.5 Å². The molecule has 0 aromatic carbocycles. The van der Waals surface area contributed by atoms with E-state index < -0.39 is 15.5 Å². The van der Waals surface area contributed by atoms with Gasteiger partial charge in [-0.2, -0.15) is 5.10 Å². The highest BCUT2D eigenvalue weighted by molar-refractivity contribution is 7.88. The Morgan fingerprint density at radius 1 is 1.13 bits per heavy atom. The largest absolute Gasteiger partial charge is 0.352 e. The first kappa shape index (κ1) is 27.8. The first-order valence-corrected chi connectivity index (χ1v) is 15.3. The molecule has 0 bridgehead atoms. The summed E-state index contributed by atoms with van der Waals surface area (Å²) in [7, 11) is 0.772. The van der Waals surface area contributed by atoms with Crippen LogP contribution in [0.3, 0.4) is 0 Å². The SMILES string of the molecule is CC.CC1CN(c2ncnc3c2C(C)(C)CN3c2cc3c(Cl)nn(C)c3cn2)CCN1C(=O)C1(C)CCS1=O. The highest BCUT2D eigenvalue weighted by atomic mass is 35.5. The number of piperazine rings is 1. The van der Waals surface area contributed by atoms with Crippen molar-refractivity contribution in [3.8, 4) is 0 Å². The lowest BCUT2D eigenvalue weighted by Crippen LogP contribution is -2.63. The molecule has 0 N–H and O–H groups in total. The molecule has 0 saturated carbocycles. The van der Waals surface area contributed by atoms with E-state index in [2.05, 4.69) is 35.7 Å². The van der Waals surface area contributed by atoms with Gasteiger partial charge in [-0.05, 0) is 26.3 Å². The van der Waals surface area contributed by atoms with Gasteiger partial charge in [-0.3, -0.25) is 13.7 Å². The molecule has 12 heteroatoms. The monoisotopic (exact) mass is 572 g/mol. The molecule has 3 aromatic rings. The van der Waals surface area contributed by atoms with Crippen LogP contribution in [0.5, 0.6) is 0 Å². The van der Waals surface area contributed by atoms with Gasteiger partial charge in [0.15, 0.2) is 5.15 Å². The number of fused-ring (bicyclic) bond motifs is 2. The molecule has 3 aliphatic rings.